The van der Waals surface area contributed by atoms with Gasteiger partial charge >= 0.3 is 5.97 Å². The Hall–Kier alpha value is -2.85. The van der Waals surface area contributed by atoms with Gasteiger partial charge in [-0.05, 0) is 49.8 Å². The van der Waals surface area contributed by atoms with Crippen molar-refractivity contribution in [1.82, 2.24) is 0 Å². The number of hydrogen-bond donors (Lipinski definition) is 0. The number of rotatable bonds is 4. The van der Waals surface area contributed by atoms with E-state index in [9.17, 15) is 9.59 Å². The van der Waals surface area contributed by atoms with Crippen LogP contribution in [0.25, 0.3) is 6.08 Å². The fraction of sp³-hybridized carbons (Fsp3) is 0.143. The van der Waals surface area contributed by atoms with Gasteiger partial charge in [0.15, 0.2) is 0 Å². The van der Waals surface area contributed by atoms with Crippen molar-refractivity contribution in [2.75, 3.05) is 11.5 Å². The number of halogens is 1. The summed E-state index contributed by atoms with van der Waals surface area (Å²) >= 11 is 5.95. The van der Waals surface area contributed by atoms with E-state index < -0.39 is 5.97 Å². The molecule has 0 spiro atoms. The number of carbonyl (C=O) groups excluding carboxylic acids is 2. The molecule has 2 aromatic carbocycles. The molecule has 0 aliphatic carbocycles. The summed E-state index contributed by atoms with van der Waals surface area (Å²) in [5.41, 5.74) is 2.63. The van der Waals surface area contributed by atoms with E-state index in [-0.39, 0.29) is 18.1 Å². The third kappa shape index (κ3) is 3.41. The van der Waals surface area contributed by atoms with Crippen molar-refractivity contribution in [3.8, 4) is 0 Å². The second kappa shape index (κ2) is 7.58. The van der Waals surface area contributed by atoms with Crippen LogP contribution in [0.1, 0.15) is 19.4 Å². The van der Waals surface area contributed by atoms with Gasteiger partial charge in [-0.25, -0.2) is 4.79 Å². The average Bonchev–Trinajstić information content (AvgIpc) is 2.87. The SMILES string of the molecule is CCOC(=O)C1=C(C)N(c2ccc(Cl)cc2)C(=O)C1=Cc1ccccc1. The molecule has 4 nitrogen and oxygen atoms in total. The van der Waals surface area contributed by atoms with Crippen LogP contribution in [0.3, 0.4) is 0 Å². The molecule has 26 heavy (non-hydrogen) atoms. The first-order chi connectivity index (χ1) is 12.5. The molecule has 2 aromatic rings. The molecular weight excluding hydrogens is 350 g/mol. The summed E-state index contributed by atoms with van der Waals surface area (Å²) in [6, 6.07) is 16.3. The summed E-state index contributed by atoms with van der Waals surface area (Å²) in [5, 5.41) is 0.577. The van der Waals surface area contributed by atoms with Gasteiger partial charge in [0.25, 0.3) is 5.91 Å². The Labute approximate surface area is 157 Å². The Kier molecular flexibility index (Phi) is 5.24. The van der Waals surface area contributed by atoms with Crippen LogP contribution in [-0.4, -0.2) is 18.5 Å². The predicted octanol–water partition coefficient (Wildman–Crippen LogP) is 4.61. The molecule has 1 heterocycles. The minimum absolute atomic E-state index is 0.239. The highest BCUT2D eigenvalue weighted by atomic mass is 35.5. The van der Waals surface area contributed by atoms with E-state index in [0.717, 1.165) is 5.56 Å². The average molecular weight is 368 g/mol. The number of ether oxygens (including phenoxy) is 1. The van der Waals surface area contributed by atoms with E-state index >= 15 is 0 Å². The van der Waals surface area contributed by atoms with Crippen molar-refractivity contribution >= 4 is 35.2 Å². The molecular formula is C21H18ClNO3. The number of esters is 1. The molecule has 0 N–H and O–H groups in total. The maximum atomic E-state index is 13.1. The van der Waals surface area contributed by atoms with Gasteiger partial charge in [-0.15, -0.1) is 0 Å². The normalized spacial score (nSPS) is 15.7. The molecule has 1 aliphatic rings. The molecule has 132 valence electrons. The highest BCUT2D eigenvalue weighted by molar-refractivity contribution is 6.30. The number of benzene rings is 2. The molecule has 3 rings (SSSR count). The van der Waals surface area contributed by atoms with E-state index in [4.69, 9.17) is 16.3 Å². The summed E-state index contributed by atoms with van der Waals surface area (Å²) in [6.45, 7) is 3.72. The van der Waals surface area contributed by atoms with Gasteiger partial charge in [-0.3, -0.25) is 9.69 Å². The summed E-state index contributed by atoms with van der Waals surface area (Å²) in [6.07, 6.45) is 1.72. The maximum Gasteiger partial charge on any atom is 0.340 e. The fourth-order valence-corrected chi connectivity index (χ4v) is 3.02. The number of hydrogen-bond acceptors (Lipinski definition) is 3. The molecule has 0 radical (unpaired) electrons. The molecule has 1 aliphatic heterocycles. The lowest BCUT2D eigenvalue weighted by atomic mass is 10.0. The molecule has 0 aromatic heterocycles. The van der Waals surface area contributed by atoms with Crippen LogP contribution in [0, 0.1) is 0 Å². The molecule has 0 fully saturated rings. The Morgan fingerprint density at radius 2 is 1.77 bits per heavy atom. The number of nitrogens with zero attached hydrogens (tertiary/aromatic N) is 1. The first-order valence-corrected chi connectivity index (χ1v) is 8.66. The van der Waals surface area contributed by atoms with Crippen molar-refractivity contribution in [1.29, 1.82) is 0 Å². The summed E-state index contributed by atoms with van der Waals surface area (Å²) in [5.74, 6) is -0.770. The smallest absolute Gasteiger partial charge is 0.340 e. The summed E-state index contributed by atoms with van der Waals surface area (Å²) in [7, 11) is 0. The molecule has 1 amide bonds. The number of allylic oxidation sites excluding steroid dienone is 1. The third-order valence-electron chi connectivity index (χ3n) is 4.08. The molecule has 0 bridgehead atoms. The first kappa shape index (κ1) is 18.0. The fourth-order valence-electron chi connectivity index (χ4n) is 2.90. The van der Waals surface area contributed by atoms with Crippen molar-refractivity contribution in [3.05, 3.63) is 82.0 Å². The third-order valence-corrected chi connectivity index (χ3v) is 4.33. The van der Waals surface area contributed by atoms with E-state index in [2.05, 4.69) is 0 Å². The van der Waals surface area contributed by atoms with Crippen molar-refractivity contribution < 1.29 is 14.3 Å². The lowest BCUT2D eigenvalue weighted by Crippen LogP contribution is -2.24. The largest absolute Gasteiger partial charge is 0.462 e. The zero-order valence-electron chi connectivity index (χ0n) is 14.5. The van der Waals surface area contributed by atoms with Crippen LogP contribution < -0.4 is 4.90 Å². The molecule has 0 saturated heterocycles. The van der Waals surface area contributed by atoms with Crippen LogP contribution in [0.2, 0.25) is 5.02 Å². The van der Waals surface area contributed by atoms with Crippen molar-refractivity contribution in [2.45, 2.75) is 13.8 Å². The summed E-state index contributed by atoms with van der Waals surface area (Å²) < 4.78 is 5.18. The van der Waals surface area contributed by atoms with Gasteiger partial charge in [-0.2, -0.15) is 0 Å². The molecule has 0 saturated carbocycles. The number of carbonyl (C=O) groups is 2. The van der Waals surface area contributed by atoms with Crippen LogP contribution in [0.5, 0.6) is 0 Å². The van der Waals surface area contributed by atoms with Gasteiger partial charge in [0.1, 0.15) is 0 Å². The lowest BCUT2D eigenvalue weighted by Gasteiger charge is -2.17. The molecule has 0 atom stereocenters. The Bertz CT molecular complexity index is 899. The highest BCUT2D eigenvalue weighted by Gasteiger charge is 2.38. The predicted molar refractivity (Wildman–Crippen MR) is 103 cm³/mol. The highest BCUT2D eigenvalue weighted by Crippen LogP contribution is 2.35. The van der Waals surface area contributed by atoms with Gasteiger partial charge in [-0.1, -0.05) is 41.9 Å². The van der Waals surface area contributed by atoms with E-state index in [1.54, 1.807) is 44.2 Å². The minimum Gasteiger partial charge on any atom is -0.462 e. The second-order valence-electron chi connectivity index (χ2n) is 5.77. The van der Waals surface area contributed by atoms with Gasteiger partial charge in [0.05, 0.1) is 17.8 Å². The van der Waals surface area contributed by atoms with Crippen LogP contribution in [0.4, 0.5) is 5.69 Å². The monoisotopic (exact) mass is 367 g/mol. The minimum atomic E-state index is -0.503. The van der Waals surface area contributed by atoms with Gasteiger partial charge in [0.2, 0.25) is 0 Å². The number of amides is 1. The quantitative estimate of drug-likeness (QED) is 0.585. The zero-order chi connectivity index (χ0) is 18.7. The first-order valence-electron chi connectivity index (χ1n) is 8.28. The topological polar surface area (TPSA) is 46.6 Å². The van der Waals surface area contributed by atoms with Crippen LogP contribution in [-0.2, 0) is 14.3 Å². The standard InChI is InChI=1S/C21H18ClNO3/c1-3-26-21(25)19-14(2)23(17-11-9-16(22)10-12-17)20(24)18(19)13-15-7-5-4-6-8-15/h4-13H,3H2,1-2H3. The second-order valence-corrected chi connectivity index (χ2v) is 6.20. The van der Waals surface area contributed by atoms with Gasteiger partial charge < -0.3 is 4.74 Å². The Balaban J connectivity index is 2.11. The van der Waals surface area contributed by atoms with Crippen molar-refractivity contribution in [3.63, 3.8) is 0 Å². The van der Waals surface area contributed by atoms with E-state index in [0.29, 0.717) is 22.0 Å². The van der Waals surface area contributed by atoms with Crippen LogP contribution in [0.15, 0.2) is 71.4 Å². The molecule has 0 unspecified atom stereocenters. The van der Waals surface area contributed by atoms with Gasteiger partial charge in [0, 0.05) is 16.4 Å². The van der Waals surface area contributed by atoms with Crippen molar-refractivity contribution in [2.24, 2.45) is 0 Å². The summed E-state index contributed by atoms with van der Waals surface area (Å²) in [4.78, 5) is 27.1. The zero-order valence-corrected chi connectivity index (χ0v) is 15.3. The molecule has 5 heteroatoms. The van der Waals surface area contributed by atoms with E-state index in [1.165, 1.54) is 4.90 Å². The number of anilines is 1. The Morgan fingerprint density at radius 1 is 1.12 bits per heavy atom. The van der Waals surface area contributed by atoms with Crippen LogP contribution >= 0.6 is 11.6 Å². The van der Waals surface area contributed by atoms with E-state index in [1.807, 2.05) is 30.3 Å². The lowest BCUT2D eigenvalue weighted by molar-refractivity contribution is -0.138. The maximum absolute atomic E-state index is 13.1. The Morgan fingerprint density at radius 3 is 2.38 bits per heavy atom.